The van der Waals surface area contributed by atoms with Crippen LogP contribution in [0.3, 0.4) is 0 Å². The van der Waals surface area contributed by atoms with Crippen molar-refractivity contribution in [2.45, 2.75) is 91.4 Å². The van der Waals surface area contributed by atoms with Crippen molar-refractivity contribution >= 4 is 5.97 Å². The first-order valence-corrected chi connectivity index (χ1v) is 11.5. The molecule has 0 unspecified atom stereocenters. The van der Waals surface area contributed by atoms with E-state index in [0.29, 0.717) is 29.1 Å². The van der Waals surface area contributed by atoms with E-state index in [0.717, 1.165) is 23.7 Å². The number of hydrogen-bond acceptors (Lipinski definition) is 2. The normalized spacial score (nSPS) is 48.8. The smallest absolute Gasteiger partial charge is 0.305 e. The fraction of sp³-hybridized carbons (Fsp3) is 0.958. The molecule has 0 N–H and O–H groups in total. The van der Waals surface area contributed by atoms with Crippen LogP contribution >= 0.6 is 0 Å². The fourth-order valence-electron chi connectivity index (χ4n) is 8.76. The van der Waals surface area contributed by atoms with Crippen molar-refractivity contribution in [3.8, 4) is 0 Å². The van der Waals surface area contributed by atoms with Gasteiger partial charge in [-0.25, -0.2) is 0 Å². The first-order chi connectivity index (χ1) is 12.4. The molecular weight excluding hydrogens is 320 g/mol. The van der Waals surface area contributed by atoms with Gasteiger partial charge in [-0.1, -0.05) is 33.6 Å². The topological polar surface area (TPSA) is 26.3 Å². The molecule has 4 fully saturated rings. The van der Waals surface area contributed by atoms with E-state index in [9.17, 15) is 4.79 Å². The van der Waals surface area contributed by atoms with Gasteiger partial charge in [0.1, 0.15) is 0 Å². The van der Waals surface area contributed by atoms with Gasteiger partial charge in [0, 0.05) is 6.42 Å². The van der Waals surface area contributed by atoms with Crippen molar-refractivity contribution in [2.75, 3.05) is 7.11 Å². The van der Waals surface area contributed by atoms with Crippen LogP contribution in [0, 0.1) is 46.3 Å². The lowest BCUT2D eigenvalue weighted by Crippen LogP contribution is -2.53. The van der Waals surface area contributed by atoms with Gasteiger partial charge in [0.05, 0.1) is 7.11 Å². The van der Waals surface area contributed by atoms with Crippen LogP contribution in [0.4, 0.5) is 0 Å². The zero-order valence-electron chi connectivity index (χ0n) is 17.6. The van der Waals surface area contributed by atoms with Crippen LogP contribution in [0.15, 0.2) is 0 Å². The minimum absolute atomic E-state index is 0.0199. The van der Waals surface area contributed by atoms with Crippen molar-refractivity contribution < 1.29 is 9.53 Å². The van der Waals surface area contributed by atoms with Crippen LogP contribution in [-0.2, 0) is 9.53 Å². The molecule has 4 saturated carbocycles. The fourth-order valence-corrected chi connectivity index (χ4v) is 8.76. The van der Waals surface area contributed by atoms with Crippen LogP contribution in [-0.4, -0.2) is 13.1 Å². The predicted octanol–water partition coefficient (Wildman–Crippen LogP) is 6.23. The highest BCUT2D eigenvalue weighted by Gasteiger charge is 2.60. The molecule has 0 radical (unpaired) electrons. The summed E-state index contributed by atoms with van der Waals surface area (Å²) >= 11 is 0. The minimum Gasteiger partial charge on any atom is -0.469 e. The van der Waals surface area contributed by atoms with Crippen LogP contribution in [0.2, 0.25) is 0 Å². The largest absolute Gasteiger partial charge is 0.469 e. The average Bonchev–Trinajstić information content (AvgIpc) is 2.98. The number of ether oxygens (including phenoxy) is 1. The van der Waals surface area contributed by atoms with Gasteiger partial charge in [-0.05, 0) is 97.7 Å². The highest BCUT2D eigenvalue weighted by Crippen LogP contribution is 2.68. The maximum absolute atomic E-state index is 11.8. The molecule has 0 aliphatic heterocycles. The van der Waals surface area contributed by atoms with Gasteiger partial charge in [0.2, 0.25) is 0 Å². The second-order valence-corrected chi connectivity index (χ2v) is 10.9. The van der Waals surface area contributed by atoms with E-state index >= 15 is 0 Å². The lowest BCUT2D eigenvalue weighted by molar-refractivity contribution is -0.143. The summed E-state index contributed by atoms with van der Waals surface area (Å²) in [6.45, 7) is 7.57. The third-order valence-electron chi connectivity index (χ3n) is 10.1. The molecule has 26 heavy (non-hydrogen) atoms. The zero-order valence-corrected chi connectivity index (χ0v) is 17.6. The Kier molecular flexibility index (Phi) is 4.93. The molecule has 0 saturated heterocycles. The Hall–Kier alpha value is -0.530. The summed E-state index contributed by atoms with van der Waals surface area (Å²) in [5.41, 5.74) is 1.10. The molecule has 148 valence electrons. The summed E-state index contributed by atoms with van der Waals surface area (Å²) in [6.07, 6.45) is 15.1. The molecule has 0 bridgehead atoms. The molecule has 2 heteroatoms. The number of carbonyl (C=O) groups excluding carboxylic acids is 1. The third kappa shape index (κ3) is 2.76. The summed E-state index contributed by atoms with van der Waals surface area (Å²) in [5, 5.41) is 0. The standard InChI is InChI=1S/C24H40O2/c1-16(15-22(25)26-4)19-10-11-20-18-9-8-17-7-5-6-13-23(17,2)21(18)12-14-24(19,20)3/h16-21H,5-15H2,1-4H3/t16-,17+,18+,19-,20+,21+,23-,24-/m0/s1. The zero-order chi connectivity index (χ0) is 18.5. The molecule has 0 heterocycles. The Balaban J connectivity index is 1.53. The number of esters is 1. The average molecular weight is 361 g/mol. The molecule has 4 aliphatic carbocycles. The van der Waals surface area contributed by atoms with Crippen LogP contribution in [0.5, 0.6) is 0 Å². The molecule has 0 aromatic rings. The third-order valence-corrected chi connectivity index (χ3v) is 10.1. The first-order valence-electron chi connectivity index (χ1n) is 11.5. The quantitative estimate of drug-likeness (QED) is 0.557. The molecule has 0 aromatic heterocycles. The van der Waals surface area contributed by atoms with Gasteiger partial charge < -0.3 is 4.74 Å². The van der Waals surface area contributed by atoms with Gasteiger partial charge in [-0.2, -0.15) is 0 Å². The first kappa shape index (κ1) is 18.8. The van der Waals surface area contributed by atoms with Gasteiger partial charge in [0.15, 0.2) is 0 Å². The molecule has 4 aliphatic rings. The van der Waals surface area contributed by atoms with Gasteiger partial charge in [-0.15, -0.1) is 0 Å². The molecule has 0 aromatic carbocycles. The van der Waals surface area contributed by atoms with E-state index in [-0.39, 0.29) is 5.97 Å². The second kappa shape index (κ2) is 6.82. The number of methoxy groups -OCH3 is 1. The molecular formula is C24H40O2. The predicted molar refractivity (Wildman–Crippen MR) is 106 cm³/mol. The van der Waals surface area contributed by atoms with E-state index in [4.69, 9.17) is 4.74 Å². The molecule has 0 spiro atoms. The summed E-state index contributed by atoms with van der Waals surface area (Å²) in [4.78, 5) is 11.8. The van der Waals surface area contributed by atoms with E-state index in [2.05, 4.69) is 20.8 Å². The van der Waals surface area contributed by atoms with Crippen molar-refractivity contribution in [3.05, 3.63) is 0 Å². The molecule has 4 rings (SSSR count). The Labute approximate surface area is 160 Å². The van der Waals surface area contributed by atoms with Crippen LogP contribution < -0.4 is 0 Å². The van der Waals surface area contributed by atoms with E-state index in [1.54, 1.807) is 0 Å². The van der Waals surface area contributed by atoms with Crippen molar-refractivity contribution in [3.63, 3.8) is 0 Å². The Morgan fingerprint density at radius 2 is 1.73 bits per heavy atom. The van der Waals surface area contributed by atoms with E-state index < -0.39 is 0 Å². The van der Waals surface area contributed by atoms with Crippen molar-refractivity contribution in [2.24, 2.45) is 46.3 Å². The number of hydrogen-bond donors (Lipinski definition) is 0. The minimum atomic E-state index is -0.0199. The summed E-state index contributed by atoms with van der Waals surface area (Å²) in [6, 6.07) is 0. The Morgan fingerprint density at radius 1 is 0.962 bits per heavy atom. The highest BCUT2D eigenvalue weighted by molar-refractivity contribution is 5.69. The number of fused-ring (bicyclic) bond motifs is 5. The number of carbonyl (C=O) groups is 1. The van der Waals surface area contributed by atoms with Crippen molar-refractivity contribution in [1.82, 2.24) is 0 Å². The van der Waals surface area contributed by atoms with Crippen molar-refractivity contribution in [1.29, 1.82) is 0 Å². The van der Waals surface area contributed by atoms with Gasteiger partial charge >= 0.3 is 5.97 Å². The van der Waals surface area contributed by atoms with E-state index in [1.165, 1.54) is 71.3 Å². The SMILES string of the molecule is COC(=O)C[C@H](C)[C@@H]1CC[C@@H]2[C@H]3CC[C@H]4CCCC[C@]4(C)[C@@H]3CC[C@]21C. The lowest BCUT2D eigenvalue weighted by Gasteiger charge is -2.60. The summed E-state index contributed by atoms with van der Waals surface area (Å²) < 4.78 is 4.97. The molecule has 0 amide bonds. The highest BCUT2D eigenvalue weighted by atomic mass is 16.5. The molecule has 8 atom stereocenters. The van der Waals surface area contributed by atoms with Crippen LogP contribution in [0.1, 0.15) is 91.4 Å². The number of rotatable bonds is 3. The van der Waals surface area contributed by atoms with Gasteiger partial charge in [-0.3, -0.25) is 4.79 Å². The Bertz CT molecular complexity index is 542. The summed E-state index contributed by atoms with van der Waals surface area (Å²) in [5.74, 6) is 5.02. The molecule has 2 nitrogen and oxygen atoms in total. The maximum atomic E-state index is 11.8. The Morgan fingerprint density at radius 3 is 2.50 bits per heavy atom. The second-order valence-electron chi connectivity index (χ2n) is 10.9. The monoisotopic (exact) mass is 360 g/mol. The van der Waals surface area contributed by atoms with E-state index in [1.807, 2.05) is 0 Å². The lowest BCUT2D eigenvalue weighted by atomic mass is 9.44. The van der Waals surface area contributed by atoms with Gasteiger partial charge in [0.25, 0.3) is 0 Å². The van der Waals surface area contributed by atoms with Crippen LogP contribution in [0.25, 0.3) is 0 Å². The summed E-state index contributed by atoms with van der Waals surface area (Å²) in [7, 11) is 1.53. The maximum Gasteiger partial charge on any atom is 0.305 e.